The van der Waals surface area contributed by atoms with Gasteiger partial charge in [0.2, 0.25) is 0 Å². The fraction of sp³-hybridized carbons (Fsp3) is 0.821. The summed E-state index contributed by atoms with van der Waals surface area (Å²) in [5.41, 5.74) is 0. The number of carboxylic acids is 3. The van der Waals surface area contributed by atoms with E-state index < -0.39 is 40.5 Å². The quantitative estimate of drug-likeness (QED) is 0.112. The molecule has 0 heterocycles. The van der Waals surface area contributed by atoms with Crippen molar-refractivity contribution in [3.05, 3.63) is 12.2 Å². The highest BCUT2D eigenvalue weighted by molar-refractivity contribution is 5.76. The van der Waals surface area contributed by atoms with Gasteiger partial charge in [0.05, 0.1) is 12.5 Å². The van der Waals surface area contributed by atoms with Crippen molar-refractivity contribution in [2.75, 3.05) is 6.54 Å². The van der Waals surface area contributed by atoms with E-state index >= 15 is 0 Å². The third-order valence-electron chi connectivity index (χ3n) is 7.53. The molecule has 0 aromatic heterocycles. The minimum absolute atomic E-state index is 0.178. The van der Waals surface area contributed by atoms with E-state index in [9.17, 15) is 29.7 Å². The van der Waals surface area contributed by atoms with E-state index in [1.807, 2.05) is 0 Å². The van der Waals surface area contributed by atoms with Crippen LogP contribution in [0.3, 0.4) is 0 Å². The van der Waals surface area contributed by atoms with Gasteiger partial charge in [-0.3, -0.25) is 4.48 Å². The van der Waals surface area contributed by atoms with Crippen LogP contribution in [0.1, 0.15) is 124 Å². The first kappa shape index (κ1) is 33.1. The molecule has 0 bridgehead atoms. The lowest BCUT2D eigenvalue weighted by atomic mass is 10.00. The first-order valence-corrected chi connectivity index (χ1v) is 13.8. The largest absolute Gasteiger partial charge is 0.544 e. The number of rotatable bonds is 23. The maximum atomic E-state index is 11.8. The number of hydrogen-bond donors (Lipinski definition) is 2. The van der Waals surface area contributed by atoms with Crippen molar-refractivity contribution in [3.63, 3.8) is 0 Å². The van der Waals surface area contributed by atoms with Gasteiger partial charge in [-0.15, -0.1) is 0 Å². The first-order valence-electron chi connectivity index (χ1n) is 13.8. The van der Waals surface area contributed by atoms with Crippen molar-refractivity contribution in [2.24, 2.45) is 0 Å². The van der Waals surface area contributed by atoms with Crippen LogP contribution in [0.4, 0.5) is 0 Å². The maximum absolute atomic E-state index is 11.8. The Bertz CT molecular complexity index is 583. The van der Waals surface area contributed by atoms with Gasteiger partial charge in [0.15, 0.2) is 12.1 Å². The van der Waals surface area contributed by atoms with Crippen molar-refractivity contribution in [1.29, 1.82) is 0 Å². The summed E-state index contributed by atoms with van der Waals surface area (Å²) in [6.07, 6.45) is 21.9. The Balaban J connectivity index is 4.31. The summed E-state index contributed by atoms with van der Waals surface area (Å²) in [7, 11) is 0. The monoisotopic (exact) mass is 497 g/mol. The summed E-state index contributed by atoms with van der Waals surface area (Å²) in [5.74, 6) is -3.83. The molecule has 0 aliphatic rings. The smallest absolute Gasteiger partial charge is 0.362 e. The van der Waals surface area contributed by atoms with Gasteiger partial charge in [-0.25, -0.2) is 9.59 Å². The number of nitrogens with zero attached hydrogens (tertiary/aromatic N) is 1. The van der Waals surface area contributed by atoms with Crippen molar-refractivity contribution in [1.82, 2.24) is 0 Å². The zero-order valence-corrected chi connectivity index (χ0v) is 22.7. The van der Waals surface area contributed by atoms with Crippen LogP contribution in [-0.4, -0.2) is 57.3 Å². The van der Waals surface area contributed by atoms with E-state index in [-0.39, 0.29) is 6.54 Å². The van der Waals surface area contributed by atoms with Crippen LogP contribution in [-0.2, 0) is 14.4 Å². The predicted molar refractivity (Wildman–Crippen MR) is 138 cm³/mol. The standard InChI is InChI=1S/C28H51NO6/c1-5-6-7-8-9-10-11-12-13-14-15-16-17-18-19-20-21-22-29(23(2)26(30)31,24(3)27(32)33)25(4)28(34)35/h13-14,23-25H,5-12,15-22H2,1-4H3,(H2-,30,31,32,33,34,35)/b14-13+. The molecule has 0 aromatic rings. The van der Waals surface area contributed by atoms with Gasteiger partial charge >= 0.3 is 11.9 Å². The summed E-state index contributed by atoms with van der Waals surface area (Å²) in [5, 5.41) is 30.9. The van der Waals surface area contributed by atoms with E-state index in [4.69, 9.17) is 0 Å². The molecule has 0 rings (SSSR count). The SMILES string of the molecule is CCCCCCCCC/C=C/CCCCCCCC[N+](C(C)C(=O)[O-])(C(C)C(=O)O)C(C)C(=O)O. The molecule has 204 valence electrons. The van der Waals surface area contributed by atoms with Gasteiger partial charge in [-0.1, -0.05) is 76.9 Å². The van der Waals surface area contributed by atoms with Gasteiger partial charge < -0.3 is 20.1 Å². The molecule has 7 nitrogen and oxygen atoms in total. The lowest BCUT2D eigenvalue weighted by Gasteiger charge is -2.49. The molecule has 0 saturated carbocycles. The number of quaternary nitrogens is 1. The molecule has 0 saturated heterocycles. The summed E-state index contributed by atoms with van der Waals surface area (Å²) in [6, 6.07) is -3.57. The van der Waals surface area contributed by atoms with Crippen LogP contribution in [0.2, 0.25) is 0 Å². The third-order valence-corrected chi connectivity index (χ3v) is 7.53. The van der Waals surface area contributed by atoms with Crippen molar-refractivity contribution < 1.29 is 34.2 Å². The number of unbranched alkanes of at least 4 members (excludes halogenated alkanes) is 13. The number of hydrogen-bond acceptors (Lipinski definition) is 4. The molecule has 0 fully saturated rings. The van der Waals surface area contributed by atoms with E-state index in [1.165, 1.54) is 72.1 Å². The minimum atomic E-state index is -1.42. The second kappa shape index (κ2) is 19.3. The Hall–Kier alpha value is -1.89. The fourth-order valence-corrected chi connectivity index (χ4v) is 5.00. The normalized spacial score (nSPS) is 16.0. The summed E-state index contributed by atoms with van der Waals surface area (Å²) >= 11 is 0. The lowest BCUT2D eigenvalue weighted by molar-refractivity contribution is -0.969. The summed E-state index contributed by atoms with van der Waals surface area (Å²) < 4.78 is -0.545. The maximum Gasteiger partial charge on any atom is 0.362 e. The average molecular weight is 498 g/mol. The van der Waals surface area contributed by atoms with Crippen molar-refractivity contribution in [2.45, 2.75) is 142 Å². The second-order valence-corrected chi connectivity index (χ2v) is 10.0. The number of allylic oxidation sites excluding steroid dienone is 2. The number of carbonyl (C=O) groups excluding carboxylic acids is 1. The molecule has 0 radical (unpaired) electrons. The fourth-order valence-electron chi connectivity index (χ4n) is 5.00. The van der Waals surface area contributed by atoms with Gasteiger partial charge in [0, 0.05) is 0 Å². The zero-order valence-electron chi connectivity index (χ0n) is 22.7. The van der Waals surface area contributed by atoms with Gasteiger partial charge in [0.25, 0.3) is 0 Å². The molecular weight excluding hydrogens is 446 g/mol. The molecular formula is C28H51NO6. The molecule has 35 heavy (non-hydrogen) atoms. The molecule has 0 aliphatic carbocycles. The van der Waals surface area contributed by atoms with E-state index in [2.05, 4.69) is 19.1 Å². The Morgan fingerprint density at radius 2 is 1.03 bits per heavy atom. The van der Waals surface area contributed by atoms with Gasteiger partial charge in [0.1, 0.15) is 6.04 Å². The molecule has 0 aromatic carbocycles. The van der Waals surface area contributed by atoms with E-state index in [0.29, 0.717) is 6.42 Å². The van der Waals surface area contributed by atoms with Crippen LogP contribution in [0, 0.1) is 0 Å². The van der Waals surface area contributed by atoms with Crippen LogP contribution >= 0.6 is 0 Å². The molecule has 3 unspecified atom stereocenters. The summed E-state index contributed by atoms with van der Waals surface area (Å²) in [4.78, 5) is 35.2. The molecule has 3 atom stereocenters. The molecule has 0 amide bonds. The Morgan fingerprint density at radius 1 is 0.657 bits per heavy atom. The van der Waals surface area contributed by atoms with E-state index in [0.717, 1.165) is 38.5 Å². The Morgan fingerprint density at radius 3 is 1.40 bits per heavy atom. The Labute approximate surface area is 213 Å². The first-order chi connectivity index (χ1) is 16.6. The number of aliphatic carboxylic acids is 3. The van der Waals surface area contributed by atoms with Gasteiger partial charge in [-0.2, -0.15) is 0 Å². The molecule has 2 N–H and O–H groups in total. The topological polar surface area (TPSA) is 115 Å². The van der Waals surface area contributed by atoms with Crippen LogP contribution < -0.4 is 5.11 Å². The van der Waals surface area contributed by atoms with E-state index in [1.54, 1.807) is 0 Å². The average Bonchev–Trinajstić information content (AvgIpc) is 2.82. The lowest BCUT2D eigenvalue weighted by Crippen LogP contribution is -2.72. The molecule has 7 heteroatoms. The molecule has 0 aliphatic heterocycles. The van der Waals surface area contributed by atoms with Crippen LogP contribution in [0.25, 0.3) is 0 Å². The number of carbonyl (C=O) groups is 3. The predicted octanol–water partition coefficient (Wildman–Crippen LogP) is 5.32. The minimum Gasteiger partial charge on any atom is -0.544 e. The van der Waals surface area contributed by atoms with Crippen molar-refractivity contribution >= 4 is 17.9 Å². The highest BCUT2D eigenvalue weighted by atomic mass is 16.4. The number of carboxylic acid groups (broad SMARTS) is 3. The van der Waals surface area contributed by atoms with Crippen molar-refractivity contribution in [3.8, 4) is 0 Å². The van der Waals surface area contributed by atoms with Gasteiger partial charge in [-0.05, 0) is 59.3 Å². The summed E-state index contributed by atoms with van der Waals surface area (Å²) in [6.45, 7) is 6.56. The molecule has 0 spiro atoms. The van der Waals surface area contributed by atoms with Crippen LogP contribution in [0.5, 0.6) is 0 Å². The Kier molecular flexibility index (Phi) is 18.3. The third kappa shape index (κ3) is 12.6. The highest BCUT2D eigenvalue weighted by Crippen LogP contribution is 2.27. The second-order valence-electron chi connectivity index (χ2n) is 10.0. The van der Waals surface area contributed by atoms with Crippen LogP contribution in [0.15, 0.2) is 12.2 Å². The highest BCUT2D eigenvalue weighted by Gasteiger charge is 2.50. The zero-order chi connectivity index (χ0) is 26.7.